The van der Waals surface area contributed by atoms with Crippen molar-refractivity contribution in [2.45, 2.75) is 48.0 Å². The number of allylic oxidation sites excluding steroid dienone is 4. The van der Waals surface area contributed by atoms with Crippen molar-refractivity contribution in [1.82, 2.24) is 0 Å². The van der Waals surface area contributed by atoms with E-state index in [1.54, 1.807) is 6.08 Å². The normalized spacial score (nSPS) is 16.2. The summed E-state index contributed by atoms with van der Waals surface area (Å²) in [6.45, 7) is 12.9. The van der Waals surface area contributed by atoms with Gasteiger partial charge < -0.3 is 0 Å². The first-order valence-electron chi connectivity index (χ1n) is 8.87. The zero-order valence-corrected chi connectivity index (χ0v) is 20.6. The Morgan fingerprint density at radius 1 is 0.880 bits per heavy atom. The molecule has 0 aromatic heterocycles. The van der Waals surface area contributed by atoms with E-state index in [9.17, 15) is 10.5 Å². The van der Waals surface area contributed by atoms with Gasteiger partial charge in [-0.25, -0.2) is 0 Å². The molecule has 1 aliphatic rings. The first kappa shape index (κ1) is 23.6. The molecule has 1 aliphatic carbocycles. The molecule has 0 aliphatic heterocycles. The predicted molar refractivity (Wildman–Crippen MR) is 92.2 cm³/mol. The second-order valence-corrected chi connectivity index (χ2v) is 17.2. The molecule has 146 valence electrons. The molecule has 1 rings (SSSR count). The Morgan fingerprint density at radius 2 is 1.28 bits per heavy atom. The molecule has 0 aromatic rings. The Morgan fingerprint density at radius 3 is 1.60 bits per heavy atom. The van der Waals surface area contributed by atoms with E-state index < -0.39 is 40.7 Å². The molecule has 0 N–H and O–H groups in total. The van der Waals surface area contributed by atoms with Crippen LogP contribution in [0.4, 0.5) is 10.5 Å². The van der Waals surface area contributed by atoms with E-state index in [-0.39, 0.29) is 24.2 Å². The van der Waals surface area contributed by atoms with E-state index in [0.717, 1.165) is 0 Å². The van der Waals surface area contributed by atoms with E-state index >= 15 is 0 Å². The third-order valence-electron chi connectivity index (χ3n) is 3.43. The summed E-state index contributed by atoms with van der Waals surface area (Å²) >= 11 is -11.0. The predicted octanol–water partition coefficient (Wildman–Crippen LogP) is 5.50. The molecule has 0 bridgehead atoms. The molecule has 0 amide bonds. The Labute approximate surface area is 160 Å². The third kappa shape index (κ3) is 7.61. The second kappa shape index (κ2) is 10.2. The molecule has 3 nitrogen and oxygen atoms in total. The van der Waals surface area contributed by atoms with E-state index in [1.807, 2.05) is 41.5 Å². The van der Waals surface area contributed by atoms with Crippen molar-refractivity contribution in [3.8, 4) is 0 Å². The van der Waals surface area contributed by atoms with Gasteiger partial charge in [0.1, 0.15) is 0 Å². The minimum atomic E-state index is -6.50. The van der Waals surface area contributed by atoms with Crippen LogP contribution in [0.2, 0.25) is 0 Å². The SMILES string of the molecule is CC(C)C[O][Zr]([O]CC(C)C)([O]CC(C)C)[C]1=[C]([Ge]([F])([F])[F])C=CC1. The summed E-state index contributed by atoms with van der Waals surface area (Å²) in [5, 5.41) is 0. The Balaban J connectivity index is 3.29. The van der Waals surface area contributed by atoms with Gasteiger partial charge in [-0.3, -0.25) is 0 Å². The van der Waals surface area contributed by atoms with E-state index in [4.69, 9.17) is 8.44 Å². The zero-order valence-electron chi connectivity index (χ0n) is 16.1. The van der Waals surface area contributed by atoms with Gasteiger partial charge in [-0.1, -0.05) is 0 Å². The maximum atomic E-state index is 13.7. The van der Waals surface area contributed by atoms with Crippen LogP contribution in [0.1, 0.15) is 48.0 Å². The third-order valence-corrected chi connectivity index (χ3v) is 14.0. The van der Waals surface area contributed by atoms with E-state index in [1.165, 1.54) is 6.08 Å². The quantitative estimate of drug-likeness (QED) is 0.348. The molecule has 0 aromatic carbocycles. The van der Waals surface area contributed by atoms with Gasteiger partial charge in [-0.15, -0.1) is 0 Å². The Hall–Kier alpha value is 0.576. The molecule has 0 radical (unpaired) electrons. The molecule has 0 heterocycles. The Bertz CT molecular complexity index is 457. The van der Waals surface area contributed by atoms with Crippen LogP contribution in [0.5, 0.6) is 0 Å². The van der Waals surface area contributed by atoms with Gasteiger partial charge in [0, 0.05) is 0 Å². The minimum absolute atomic E-state index is 0.201. The summed E-state index contributed by atoms with van der Waals surface area (Å²) in [5.41, 5.74) is 0. The van der Waals surface area contributed by atoms with Crippen LogP contribution in [-0.2, 0) is 30.0 Å². The van der Waals surface area contributed by atoms with Gasteiger partial charge in [0.05, 0.1) is 0 Å². The molecule has 0 fully saturated rings. The Kier molecular flexibility index (Phi) is 9.65. The number of hydrogen-bond donors (Lipinski definition) is 0. The zero-order chi connectivity index (χ0) is 19.3. The van der Waals surface area contributed by atoms with Crippen molar-refractivity contribution < 1.29 is 40.5 Å². The van der Waals surface area contributed by atoms with Crippen LogP contribution in [0.15, 0.2) is 19.8 Å². The summed E-state index contributed by atoms with van der Waals surface area (Å²) in [7, 11) is 0. The van der Waals surface area contributed by atoms with E-state index in [0.29, 0.717) is 23.1 Å². The van der Waals surface area contributed by atoms with Gasteiger partial charge in [0.2, 0.25) is 0 Å². The molecule has 0 saturated carbocycles. The molecule has 0 spiro atoms. The monoisotopic (exact) mass is 504 g/mol. The average molecular weight is 504 g/mol. The topological polar surface area (TPSA) is 27.7 Å². The number of rotatable bonds is 11. The van der Waals surface area contributed by atoms with Crippen molar-refractivity contribution in [3.63, 3.8) is 0 Å². The molecule has 25 heavy (non-hydrogen) atoms. The summed E-state index contributed by atoms with van der Waals surface area (Å²) in [6.07, 6.45) is 3.03. The van der Waals surface area contributed by atoms with Crippen LogP contribution in [0.3, 0.4) is 0 Å². The fraction of sp³-hybridized carbons (Fsp3) is 0.765. The fourth-order valence-corrected chi connectivity index (χ4v) is 15.5. The van der Waals surface area contributed by atoms with Crippen LogP contribution < -0.4 is 0 Å². The summed E-state index contributed by atoms with van der Waals surface area (Å²) in [4.78, 5) is 0. The molecule has 0 saturated heterocycles. The van der Waals surface area contributed by atoms with Crippen molar-refractivity contribution in [2.24, 2.45) is 17.8 Å². The standard InChI is InChI=1S/C5H4F3Ge.3C4H9O.Zr/c6-9(7,8)5-3-1-2-4-5;3*1-4(2)3-5;/h1,3H,2H2;3*4H,3H2,1-2H3;/q;3*-1;+3. The second-order valence-electron chi connectivity index (χ2n) is 7.67. The van der Waals surface area contributed by atoms with Crippen LogP contribution in [0.25, 0.3) is 0 Å². The molecule has 0 unspecified atom stereocenters. The van der Waals surface area contributed by atoms with Crippen molar-refractivity contribution in [3.05, 3.63) is 19.8 Å². The number of halogens is 3. The first-order valence-corrected chi connectivity index (χ1v) is 16.5. The van der Waals surface area contributed by atoms with Gasteiger partial charge in [0.25, 0.3) is 0 Å². The number of hydrogen-bond acceptors (Lipinski definition) is 3. The summed E-state index contributed by atoms with van der Waals surface area (Å²) in [5.74, 6) is 0.603. The maximum absolute atomic E-state index is 13.7. The summed E-state index contributed by atoms with van der Waals surface area (Å²) in [6, 6.07) is 0. The summed E-state index contributed by atoms with van der Waals surface area (Å²) < 4.78 is 59.2. The van der Waals surface area contributed by atoms with Gasteiger partial charge in [0.15, 0.2) is 0 Å². The molecular formula is C17H31F3GeO3Zr. The molecule has 8 heteroatoms. The van der Waals surface area contributed by atoms with Crippen molar-refractivity contribution in [1.29, 1.82) is 0 Å². The van der Waals surface area contributed by atoms with Crippen LogP contribution >= 0.6 is 0 Å². The van der Waals surface area contributed by atoms with Crippen molar-refractivity contribution >= 4 is 14.7 Å². The van der Waals surface area contributed by atoms with Crippen LogP contribution in [0, 0.1) is 17.8 Å². The van der Waals surface area contributed by atoms with Crippen LogP contribution in [-0.4, -0.2) is 34.5 Å². The van der Waals surface area contributed by atoms with Gasteiger partial charge in [-0.2, -0.15) is 0 Å². The average Bonchev–Trinajstić information content (AvgIpc) is 2.96. The molecule has 0 atom stereocenters. The van der Waals surface area contributed by atoms with E-state index in [2.05, 4.69) is 0 Å². The fourth-order valence-electron chi connectivity index (χ4n) is 2.28. The first-order chi connectivity index (χ1) is 11.5. The van der Waals surface area contributed by atoms with Gasteiger partial charge in [-0.05, 0) is 0 Å². The van der Waals surface area contributed by atoms with Crippen molar-refractivity contribution in [2.75, 3.05) is 19.8 Å². The molecular weight excluding hydrogens is 473 g/mol. The van der Waals surface area contributed by atoms with Gasteiger partial charge >= 0.3 is 161 Å².